The molecule has 88 valence electrons. The largest absolute Gasteiger partial charge is 0.461 e. The van der Waals surface area contributed by atoms with Gasteiger partial charge in [-0.1, -0.05) is 0 Å². The highest BCUT2D eigenvalue weighted by molar-refractivity contribution is 5.49. The van der Waals surface area contributed by atoms with Gasteiger partial charge in [-0.2, -0.15) is 0 Å². The number of rotatable bonds is 3. The maximum Gasteiger partial charge on any atom is 0.235 e. The van der Waals surface area contributed by atoms with Crippen LogP contribution in [0, 0.1) is 0 Å². The third-order valence-corrected chi connectivity index (χ3v) is 2.62. The van der Waals surface area contributed by atoms with Crippen molar-refractivity contribution >= 4 is 5.69 Å². The Morgan fingerprint density at radius 1 is 1.25 bits per heavy atom. The minimum absolute atomic E-state index is 0.578. The Morgan fingerprint density at radius 3 is 2.44 bits per heavy atom. The third-order valence-electron chi connectivity index (χ3n) is 2.62. The van der Waals surface area contributed by atoms with Crippen molar-refractivity contribution in [3.63, 3.8) is 0 Å². The zero-order valence-electron chi connectivity index (χ0n) is 9.45. The second-order valence-electron chi connectivity index (χ2n) is 3.89. The molecule has 1 fully saturated rings. The maximum absolute atomic E-state index is 12.6. The minimum atomic E-state index is -1.26. The Labute approximate surface area is 95.2 Å². The van der Waals surface area contributed by atoms with Crippen LogP contribution in [-0.2, 0) is 0 Å². The van der Waals surface area contributed by atoms with Gasteiger partial charge in [0, 0.05) is 38.8 Å². The molecular weight excluding hydrogens is 207 g/mol. The molecule has 1 saturated heterocycles. The van der Waals surface area contributed by atoms with Gasteiger partial charge in [-0.25, -0.2) is 4.39 Å². The average Bonchev–Trinajstić information content (AvgIpc) is 2.30. The van der Waals surface area contributed by atoms with E-state index < -0.39 is 6.36 Å². The van der Waals surface area contributed by atoms with E-state index >= 15 is 0 Å². The maximum atomic E-state index is 12.6. The molecule has 1 aliphatic rings. The number of alkyl halides is 1. The number of benzene rings is 1. The lowest BCUT2D eigenvalue weighted by molar-refractivity contribution is 0.0861. The van der Waals surface area contributed by atoms with Crippen LogP contribution in [0.2, 0.25) is 0 Å². The van der Waals surface area contributed by atoms with Crippen molar-refractivity contribution in [2.75, 3.05) is 31.1 Å². The molecule has 0 spiro atoms. The number of halogens is 1. The van der Waals surface area contributed by atoms with Gasteiger partial charge in [0.25, 0.3) is 0 Å². The van der Waals surface area contributed by atoms with E-state index in [0.29, 0.717) is 5.75 Å². The summed E-state index contributed by atoms with van der Waals surface area (Å²) in [5.74, 6) is 0.578. The van der Waals surface area contributed by atoms with E-state index in [2.05, 4.69) is 10.2 Å². The normalized spacial score (nSPS) is 18.2. The molecular formula is C12H17FN2O. The number of ether oxygens (including phenoxy) is 1. The van der Waals surface area contributed by atoms with Gasteiger partial charge in [0.2, 0.25) is 6.36 Å². The van der Waals surface area contributed by atoms with Crippen molar-refractivity contribution in [3.05, 3.63) is 24.3 Å². The van der Waals surface area contributed by atoms with E-state index in [0.717, 1.165) is 26.2 Å². The van der Waals surface area contributed by atoms with Gasteiger partial charge < -0.3 is 15.0 Å². The zero-order valence-corrected chi connectivity index (χ0v) is 9.45. The van der Waals surface area contributed by atoms with E-state index in [1.54, 1.807) is 0 Å². The molecule has 1 aromatic carbocycles. The molecule has 0 saturated carbocycles. The smallest absolute Gasteiger partial charge is 0.235 e. The fourth-order valence-corrected chi connectivity index (χ4v) is 1.85. The second-order valence-corrected chi connectivity index (χ2v) is 3.89. The lowest BCUT2D eigenvalue weighted by Gasteiger charge is -2.29. The van der Waals surface area contributed by atoms with Gasteiger partial charge in [-0.15, -0.1) is 0 Å². The van der Waals surface area contributed by atoms with Crippen molar-refractivity contribution in [1.29, 1.82) is 0 Å². The highest BCUT2D eigenvalue weighted by Gasteiger charge is 2.10. The molecule has 1 atom stereocenters. The monoisotopic (exact) mass is 224 g/mol. The SMILES string of the molecule is CC(F)Oc1ccc(N2CCNCC2)cc1. The highest BCUT2D eigenvalue weighted by Crippen LogP contribution is 2.20. The van der Waals surface area contributed by atoms with Crippen LogP contribution in [0.15, 0.2) is 24.3 Å². The van der Waals surface area contributed by atoms with Crippen LogP contribution in [0.1, 0.15) is 6.92 Å². The van der Waals surface area contributed by atoms with Crippen molar-refractivity contribution < 1.29 is 9.13 Å². The standard InChI is InChI=1S/C12H17FN2O/c1-10(13)16-12-4-2-11(3-5-12)15-8-6-14-7-9-15/h2-5,10,14H,6-9H2,1H3. The lowest BCUT2D eigenvalue weighted by Crippen LogP contribution is -2.43. The van der Waals surface area contributed by atoms with Gasteiger partial charge in [0.05, 0.1) is 0 Å². The van der Waals surface area contributed by atoms with Crippen molar-refractivity contribution in [3.8, 4) is 5.75 Å². The van der Waals surface area contributed by atoms with Gasteiger partial charge >= 0.3 is 0 Å². The van der Waals surface area contributed by atoms with Gasteiger partial charge in [0.15, 0.2) is 0 Å². The molecule has 1 N–H and O–H groups in total. The fraction of sp³-hybridized carbons (Fsp3) is 0.500. The first-order valence-corrected chi connectivity index (χ1v) is 5.62. The molecule has 16 heavy (non-hydrogen) atoms. The predicted molar refractivity (Wildman–Crippen MR) is 62.7 cm³/mol. The summed E-state index contributed by atoms with van der Waals surface area (Å²) in [5.41, 5.74) is 1.17. The molecule has 2 rings (SSSR count). The van der Waals surface area contributed by atoms with Crippen LogP contribution in [0.5, 0.6) is 5.75 Å². The average molecular weight is 224 g/mol. The van der Waals surface area contributed by atoms with Crippen LogP contribution in [0.25, 0.3) is 0 Å². The quantitative estimate of drug-likeness (QED) is 0.847. The number of hydrogen-bond donors (Lipinski definition) is 1. The first-order chi connectivity index (χ1) is 7.75. The first kappa shape index (κ1) is 11.2. The summed E-state index contributed by atoms with van der Waals surface area (Å²) in [7, 11) is 0. The van der Waals surface area contributed by atoms with Gasteiger partial charge in [-0.3, -0.25) is 0 Å². The molecule has 1 aromatic rings. The molecule has 0 aromatic heterocycles. The Balaban J connectivity index is 2.00. The molecule has 3 nitrogen and oxygen atoms in total. The second kappa shape index (κ2) is 5.16. The van der Waals surface area contributed by atoms with Crippen molar-refractivity contribution in [1.82, 2.24) is 5.32 Å². The summed E-state index contributed by atoms with van der Waals surface area (Å²) in [4.78, 5) is 2.30. The van der Waals surface area contributed by atoms with Crippen molar-refractivity contribution in [2.24, 2.45) is 0 Å². The first-order valence-electron chi connectivity index (χ1n) is 5.62. The van der Waals surface area contributed by atoms with Crippen LogP contribution < -0.4 is 15.0 Å². The zero-order chi connectivity index (χ0) is 11.4. The molecule has 1 aliphatic heterocycles. The third kappa shape index (κ3) is 2.85. The molecule has 1 heterocycles. The van der Waals surface area contributed by atoms with Crippen LogP contribution in [0.3, 0.4) is 0 Å². The van der Waals surface area contributed by atoms with Crippen LogP contribution in [-0.4, -0.2) is 32.5 Å². The summed E-state index contributed by atoms with van der Waals surface area (Å²) >= 11 is 0. The van der Waals surface area contributed by atoms with Gasteiger partial charge in [-0.05, 0) is 24.3 Å². The lowest BCUT2D eigenvalue weighted by atomic mass is 10.2. The summed E-state index contributed by atoms with van der Waals surface area (Å²) in [6.45, 7) is 5.43. The Bertz CT molecular complexity index is 320. The van der Waals surface area contributed by atoms with E-state index in [1.165, 1.54) is 12.6 Å². The van der Waals surface area contributed by atoms with Crippen LogP contribution in [0.4, 0.5) is 10.1 Å². The molecule has 1 unspecified atom stereocenters. The van der Waals surface area contributed by atoms with E-state index in [1.807, 2.05) is 24.3 Å². The molecule has 0 bridgehead atoms. The van der Waals surface area contributed by atoms with E-state index in [4.69, 9.17) is 4.74 Å². The highest BCUT2D eigenvalue weighted by atomic mass is 19.1. The number of anilines is 1. The molecule has 0 radical (unpaired) electrons. The summed E-state index contributed by atoms with van der Waals surface area (Å²) in [6, 6.07) is 7.58. The van der Waals surface area contributed by atoms with E-state index in [9.17, 15) is 4.39 Å². The number of piperazine rings is 1. The molecule has 0 aliphatic carbocycles. The summed E-state index contributed by atoms with van der Waals surface area (Å²) < 4.78 is 17.6. The van der Waals surface area contributed by atoms with Gasteiger partial charge in [0.1, 0.15) is 5.75 Å². The Morgan fingerprint density at radius 2 is 1.88 bits per heavy atom. The Hall–Kier alpha value is -1.29. The number of nitrogens with one attached hydrogen (secondary N) is 1. The molecule has 0 amide bonds. The molecule has 4 heteroatoms. The predicted octanol–water partition coefficient (Wildman–Crippen LogP) is 1.79. The van der Waals surface area contributed by atoms with Crippen molar-refractivity contribution in [2.45, 2.75) is 13.3 Å². The summed E-state index contributed by atoms with van der Waals surface area (Å²) in [6.07, 6.45) is -1.26. The summed E-state index contributed by atoms with van der Waals surface area (Å²) in [5, 5.41) is 3.31. The Kier molecular flexibility index (Phi) is 3.62. The van der Waals surface area contributed by atoms with Crippen LogP contribution >= 0.6 is 0 Å². The topological polar surface area (TPSA) is 24.5 Å². The fourth-order valence-electron chi connectivity index (χ4n) is 1.85. The number of nitrogens with zero attached hydrogens (tertiary/aromatic N) is 1. The number of hydrogen-bond acceptors (Lipinski definition) is 3. The minimum Gasteiger partial charge on any atom is -0.461 e. The van der Waals surface area contributed by atoms with E-state index in [-0.39, 0.29) is 0 Å².